The van der Waals surface area contributed by atoms with Gasteiger partial charge in [0.2, 0.25) is 0 Å². The van der Waals surface area contributed by atoms with E-state index < -0.39 is 0 Å². The Morgan fingerprint density at radius 3 is 2.53 bits per heavy atom. The molecule has 0 amide bonds. The van der Waals surface area contributed by atoms with Crippen molar-refractivity contribution in [3.63, 3.8) is 0 Å². The summed E-state index contributed by atoms with van der Waals surface area (Å²) in [6.45, 7) is 16.5. The van der Waals surface area contributed by atoms with Crippen LogP contribution in [-0.4, -0.2) is 30.7 Å². The molecule has 1 fully saturated rings. The molecule has 2 rings (SSSR count). The maximum absolute atomic E-state index is 4.02. The average molecular weight is 262 g/mol. The first-order chi connectivity index (χ1) is 9.06. The number of rotatable bonds is 4. The zero-order valence-corrected chi connectivity index (χ0v) is 13.2. The van der Waals surface area contributed by atoms with E-state index >= 15 is 0 Å². The molecule has 19 heavy (non-hydrogen) atoms. The monoisotopic (exact) mass is 262 g/mol. The number of hydrogen-bond donors (Lipinski definition) is 0. The molecule has 0 aromatic heterocycles. The zero-order valence-electron chi connectivity index (χ0n) is 13.2. The minimum Gasteiger partial charge on any atom is -0.320 e. The van der Waals surface area contributed by atoms with Crippen molar-refractivity contribution < 1.29 is 4.48 Å². The quantitative estimate of drug-likeness (QED) is 0.520. The van der Waals surface area contributed by atoms with E-state index in [1.807, 2.05) is 0 Å². The van der Waals surface area contributed by atoms with Crippen molar-refractivity contribution >= 4 is 0 Å². The van der Waals surface area contributed by atoms with E-state index in [0.717, 1.165) is 17.8 Å². The third kappa shape index (κ3) is 3.51. The van der Waals surface area contributed by atoms with Gasteiger partial charge < -0.3 is 4.48 Å². The maximum Gasteiger partial charge on any atom is 0.0971 e. The summed E-state index contributed by atoms with van der Waals surface area (Å²) in [5.74, 6) is 2.47. The molecule has 1 heteroatoms. The molecule has 0 radical (unpaired) electrons. The summed E-state index contributed by atoms with van der Waals surface area (Å²) in [7, 11) is 0. The van der Waals surface area contributed by atoms with Gasteiger partial charge in [0.05, 0.1) is 26.2 Å². The third-order valence-corrected chi connectivity index (χ3v) is 5.48. The lowest BCUT2D eigenvalue weighted by atomic mass is 9.74. The zero-order chi connectivity index (χ0) is 13.9. The van der Waals surface area contributed by atoms with Gasteiger partial charge in [0.25, 0.3) is 0 Å². The number of allylic oxidation sites excluding steroid dienone is 2. The van der Waals surface area contributed by atoms with E-state index in [9.17, 15) is 0 Å². The highest BCUT2D eigenvalue weighted by Gasteiger charge is 2.37. The van der Waals surface area contributed by atoms with Crippen LogP contribution >= 0.6 is 0 Å². The number of hydrogen-bond acceptors (Lipinski definition) is 0. The molecule has 3 atom stereocenters. The highest BCUT2D eigenvalue weighted by atomic mass is 15.4. The summed E-state index contributed by atoms with van der Waals surface area (Å²) in [6, 6.07) is 0. The van der Waals surface area contributed by atoms with Gasteiger partial charge in [0, 0.05) is 5.92 Å². The first-order valence-corrected chi connectivity index (χ1v) is 8.19. The van der Waals surface area contributed by atoms with E-state index in [0.29, 0.717) is 0 Å². The highest BCUT2D eigenvalue weighted by Crippen LogP contribution is 2.36. The molecule has 1 heterocycles. The predicted octanol–water partition coefficient (Wildman–Crippen LogP) is 4.41. The van der Waals surface area contributed by atoms with Gasteiger partial charge in [-0.05, 0) is 50.5 Å². The summed E-state index contributed by atoms with van der Waals surface area (Å²) in [5.41, 5.74) is 1.60. The van der Waals surface area contributed by atoms with Crippen LogP contribution in [0.4, 0.5) is 0 Å². The van der Waals surface area contributed by atoms with Gasteiger partial charge in [-0.25, -0.2) is 0 Å². The lowest BCUT2D eigenvalue weighted by Gasteiger charge is -2.46. The Morgan fingerprint density at radius 1 is 1.26 bits per heavy atom. The Hall–Kier alpha value is -0.560. The molecule has 0 bridgehead atoms. The van der Waals surface area contributed by atoms with Gasteiger partial charge in [-0.3, -0.25) is 0 Å². The van der Waals surface area contributed by atoms with Gasteiger partial charge in [-0.1, -0.05) is 32.1 Å². The minimum atomic E-state index is 0.755. The molecule has 0 aromatic rings. The highest BCUT2D eigenvalue weighted by molar-refractivity contribution is 5.08. The molecule has 0 unspecified atom stereocenters. The second-order valence-corrected chi connectivity index (χ2v) is 7.22. The van der Waals surface area contributed by atoms with Gasteiger partial charge in [-0.2, -0.15) is 0 Å². The van der Waals surface area contributed by atoms with Crippen molar-refractivity contribution in [2.75, 3.05) is 26.2 Å². The molecule has 1 aliphatic carbocycles. The molecule has 108 valence electrons. The maximum atomic E-state index is 4.02. The fraction of sp³-hybridized carbons (Fsp3) is 0.778. The molecule has 0 aromatic carbocycles. The largest absolute Gasteiger partial charge is 0.320 e. The van der Waals surface area contributed by atoms with E-state index in [2.05, 4.69) is 39.5 Å². The number of piperidine rings is 1. The van der Waals surface area contributed by atoms with Gasteiger partial charge in [0.1, 0.15) is 0 Å². The second-order valence-electron chi connectivity index (χ2n) is 7.22. The van der Waals surface area contributed by atoms with Crippen molar-refractivity contribution in [2.24, 2.45) is 17.8 Å². The normalized spacial score (nSPS) is 34.7. The molecule has 0 spiro atoms. The topological polar surface area (TPSA) is 0 Å². The summed E-state index contributed by atoms with van der Waals surface area (Å²) in [4.78, 5) is 0. The summed E-state index contributed by atoms with van der Waals surface area (Å²) in [6.07, 6.45) is 10.3. The molecular weight excluding hydrogens is 230 g/mol. The molecule has 1 saturated heterocycles. The van der Waals surface area contributed by atoms with E-state index in [4.69, 9.17) is 0 Å². The SMILES string of the molecule is C=CC[N+]1(C[C@H]2[C@H](C)C=C(C)C[C@@H]2C)CCCCC1. The van der Waals surface area contributed by atoms with Crippen molar-refractivity contribution in [2.45, 2.75) is 46.5 Å². The van der Waals surface area contributed by atoms with E-state index in [1.165, 1.54) is 56.3 Å². The molecule has 0 N–H and O–H groups in total. The first kappa shape index (κ1) is 14.8. The smallest absolute Gasteiger partial charge is 0.0971 e. The second kappa shape index (κ2) is 6.26. The fourth-order valence-corrected chi connectivity index (χ4v) is 4.51. The van der Waals surface area contributed by atoms with Crippen LogP contribution in [0.25, 0.3) is 0 Å². The van der Waals surface area contributed by atoms with Gasteiger partial charge >= 0.3 is 0 Å². The van der Waals surface area contributed by atoms with Crippen LogP contribution in [0.1, 0.15) is 46.5 Å². The van der Waals surface area contributed by atoms with Crippen molar-refractivity contribution in [3.05, 3.63) is 24.3 Å². The van der Waals surface area contributed by atoms with E-state index in [1.54, 1.807) is 5.57 Å². The van der Waals surface area contributed by atoms with Crippen molar-refractivity contribution in [1.82, 2.24) is 0 Å². The number of quaternary nitrogens is 1. The Bertz CT molecular complexity index is 336. The van der Waals surface area contributed by atoms with Crippen LogP contribution < -0.4 is 0 Å². The Kier molecular flexibility index (Phi) is 4.89. The van der Waals surface area contributed by atoms with E-state index in [-0.39, 0.29) is 0 Å². The lowest BCUT2D eigenvalue weighted by molar-refractivity contribution is -0.931. The molecule has 2 aliphatic rings. The van der Waals surface area contributed by atoms with Gasteiger partial charge in [0.15, 0.2) is 0 Å². The fourth-order valence-electron chi connectivity index (χ4n) is 4.51. The van der Waals surface area contributed by atoms with Crippen molar-refractivity contribution in [1.29, 1.82) is 0 Å². The lowest BCUT2D eigenvalue weighted by Crippen LogP contribution is -2.55. The average Bonchev–Trinajstić information content (AvgIpc) is 2.35. The standard InChI is InChI=1S/C18H32N/c1-5-9-19(10-7-6-8-11-19)14-18-16(3)12-15(2)13-17(18)4/h5,12,16-18H,1,6-11,13-14H2,2-4H3/q+1/t16-,17+,18+/m1/s1. The third-order valence-electron chi connectivity index (χ3n) is 5.48. The number of likely N-dealkylation sites (tertiary alicyclic amines) is 1. The number of nitrogens with zero attached hydrogens (tertiary/aromatic N) is 1. The Labute approximate surface area is 120 Å². The molecular formula is C18H32N+. The van der Waals surface area contributed by atoms with Crippen LogP contribution in [0.15, 0.2) is 24.3 Å². The van der Waals surface area contributed by atoms with Crippen LogP contribution in [0.5, 0.6) is 0 Å². The van der Waals surface area contributed by atoms with Crippen LogP contribution in [0.2, 0.25) is 0 Å². The van der Waals surface area contributed by atoms with Crippen LogP contribution in [0, 0.1) is 17.8 Å². The molecule has 0 saturated carbocycles. The Balaban J connectivity index is 2.10. The minimum absolute atomic E-state index is 0.755. The van der Waals surface area contributed by atoms with Crippen LogP contribution in [-0.2, 0) is 0 Å². The van der Waals surface area contributed by atoms with Crippen LogP contribution in [0.3, 0.4) is 0 Å². The Morgan fingerprint density at radius 2 is 1.95 bits per heavy atom. The summed E-state index contributed by atoms with van der Waals surface area (Å²) in [5, 5.41) is 0. The molecule has 1 nitrogen and oxygen atoms in total. The molecule has 1 aliphatic heterocycles. The first-order valence-electron chi connectivity index (χ1n) is 8.19. The van der Waals surface area contributed by atoms with Gasteiger partial charge in [-0.15, -0.1) is 0 Å². The predicted molar refractivity (Wildman–Crippen MR) is 84.0 cm³/mol. The summed E-state index contributed by atoms with van der Waals surface area (Å²) < 4.78 is 1.32. The summed E-state index contributed by atoms with van der Waals surface area (Å²) >= 11 is 0. The van der Waals surface area contributed by atoms with Crippen molar-refractivity contribution in [3.8, 4) is 0 Å².